The zero-order valence-corrected chi connectivity index (χ0v) is 13.3. The summed E-state index contributed by atoms with van der Waals surface area (Å²) in [6.07, 6.45) is 1.72. The predicted molar refractivity (Wildman–Crippen MR) is 82.3 cm³/mol. The van der Waals surface area contributed by atoms with Gasteiger partial charge in [0.25, 0.3) is 0 Å². The summed E-state index contributed by atoms with van der Waals surface area (Å²) in [5.41, 5.74) is 5.70. The summed E-state index contributed by atoms with van der Waals surface area (Å²) in [5.74, 6) is 0.251. The van der Waals surface area contributed by atoms with E-state index in [-0.39, 0.29) is 11.8 Å². The number of fused-ring (bicyclic) bond motifs is 1. The van der Waals surface area contributed by atoms with Crippen molar-refractivity contribution >= 4 is 21.8 Å². The first-order chi connectivity index (χ1) is 9.61. The van der Waals surface area contributed by atoms with Crippen molar-refractivity contribution in [2.24, 2.45) is 5.92 Å². The van der Waals surface area contributed by atoms with Crippen LogP contribution in [0.3, 0.4) is 0 Å². The van der Waals surface area contributed by atoms with Gasteiger partial charge in [0.15, 0.2) is 0 Å². The Labute approximate surface area is 128 Å². The van der Waals surface area contributed by atoms with E-state index in [1.54, 1.807) is 0 Å². The Hall–Kier alpha value is -0.910. The number of benzene rings is 1. The van der Waals surface area contributed by atoms with Crippen LogP contribution < -0.4 is 5.43 Å². The van der Waals surface area contributed by atoms with Crippen molar-refractivity contribution in [2.45, 2.75) is 12.8 Å². The van der Waals surface area contributed by atoms with Crippen molar-refractivity contribution in [1.29, 1.82) is 0 Å². The summed E-state index contributed by atoms with van der Waals surface area (Å²) >= 11 is 3.49. The van der Waals surface area contributed by atoms with Crippen molar-refractivity contribution in [3.8, 4) is 0 Å². The number of amides is 1. The maximum Gasteiger partial charge on any atom is 0.238 e. The van der Waals surface area contributed by atoms with Gasteiger partial charge in [-0.25, -0.2) is 5.01 Å². The molecule has 1 atom stereocenters. The Kier molecular flexibility index (Phi) is 4.10. The van der Waals surface area contributed by atoms with Crippen molar-refractivity contribution in [3.63, 3.8) is 0 Å². The lowest BCUT2D eigenvalue weighted by Gasteiger charge is -2.33. The number of nitrogens with one attached hydrogen (secondary N) is 1. The average Bonchev–Trinajstić information content (AvgIpc) is 2.84. The fraction of sp³-hybridized carbons (Fsp3) is 0.533. The quantitative estimate of drug-likeness (QED) is 0.887. The first kappa shape index (κ1) is 14.0. The van der Waals surface area contributed by atoms with Crippen LogP contribution in [0.15, 0.2) is 22.7 Å². The number of hydrazine groups is 1. The van der Waals surface area contributed by atoms with Gasteiger partial charge in [-0.05, 0) is 43.1 Å². The largest absolute Gasteiger partial charge is 0.304 e. The van der Waals surface area contributed by atoms with Crippen molar-refractivity contribution < 1.29 is 4.79 Å². The first-order valence-corrected chi connectivity index (χ1v) is 7.92. The number of likely N-dealkylation sites (N-methyl/N-ethyl adjacent to an activating group) is 1. The van der Waals surface area contributed by atoms with E-state index in [1.807, 2.05) is 0 Å². The minimum absolute atomic E-state index is 0.0824. The second-order valence-corrected chi connectivity index (χ2v) is 6.70. The lowest BCUT2D eigenvalue weighted by atomic mass is 10.1. The molecule has 4 nitrogen and oxygen atoms in total. The van der Waals surface area contributed by atoms with E-state index >= 15 is 0 Å². The summed E-state index contributed by atoms with van der Waals surface area (Å²) in [6, 6.07) is 6.32. The van der Waals surface area contributed by atoms with Gasteiger partial charge in [0.2, 0.25) is 5.91 Å². The first-order valence-electron chi connectivity index (χ1n) is 7.13. The Morgan fingerprint density at radius 1 is 1.20 bits per heavy atom. The number of rotatable bonds is 2. The Morgan fingerprint density at radius 2 is 1.90 bits per heavy atom. The Morgan fingerprint density at radius 3 is 2.65 bits per heavy atom. The SMILES string of the molecule is CN1CCN(NC(=O)C2Cc3ccc(Br)cc3C2)CC1. The molecule has 1 aliphatic heterocycles. The second-order valence-electron chi connectivity index (χ2n) is 5.78. The maximum atomic E-state index is 12.4. The smallest absolute Gasteiger partial charge is 0.238 e. The molecule has 1 aromatic carbocycles. The van der Waals surface area contributed by atoms with E-state index in [2.05, 4.69) is 56.5 Å². The molecule has 1 aliphatic carbocycles. The van der Waals surface area contributed by atoms with Gasteiger partial charge in [-0.2, -0.15) is 0 Å². The molecule has 20 heavy (non-hydrogen) atoms. The van der Waals surface area contributed by atoms with Gasteiger partial charge in [0, 0.05) is 36.6 Å². The van der Waals surface area contributed by atoms with Gasteiger partial charge in [-0.1, -0.05) is 22.0 Å². The monoisotopic (exact) mass is 337 g/mol. The van der Waals surface area contributed by atoms with Crippen molar-refractivity contribution in [3.05, 3.63) is 33.8 Å². The van der Waals surface area contributed by atoms with Crippen LogP contribution in [0.1, 0.15) is 11.1 Å². The van der Waals surface area contributed by atoms with Gasteiger partial charge in [0.05, 0.1) is 0 Å². The standard InChI is InChI=1S/C15H20BrN3O/c1-18-4-6-19(7-5-18)17-15(20)13-8-11-2-3-14(16)10-12(11)9-13/h2-3,10,13H,4-9H2,1H3,(H,17,20). The molecule has 1 aromatic rings. The molecule has 2 aliphatic rings. The van der Waals surface area contributed by atoms with E-state index in [0.29, 0.717) is 0 Å². The molecule has 0 saturated carbocycles. The average molecular weight is 338 g/mol. The van der Waals surface area contributed by atoms with Crippen LogP contribution in [0, 0.1) is 5.92 Å². The molecule has 1 unspecified atom stereocenters. The van der Waals surface area contributed by atoms with Crippen LogP contribution in [0.25, 0.3) is 0 Å². The summed E-state index contributed by atoms with van der Waals surface area (Å²) < 4.78 is 1.09. The number of carbonyl (C=O) groups is 1. The van der Waals surface area contributed by atoms with E-state index in [1.165, 1.54) is 11.1 Å². The van der Waals surface area contributed by atoms with Crippen LogP contribution >= 0.6 is 15.9 Å². The summed E-state index contributed by atoms with van der Waals surface area (Å²) in [6.45, 7) is 3.84. The van der Waals surface area contributed by atoms with Crippen LogP contribution in [0.5, 0.6) is 0 Å². The topological polar surface area (TPSA) is 35.6 Å². The number of piperazine rings is 1. The van der Waals surface area contributed by atoms with Crippen molar-refractivity contribution in [1.82, 2.24) is 15.3 Å². The fourth-order valence-corrected chi connectivity index (χ4v) is 3.35. The highest BCUT2D eigenvalue weighted by molar-refractivity contribution is 9.10. The van der Waals surface area contributed by atoms with Gasteiger partial charge >= 0.3 is 0 Å². The molecule has 1 amide bonds. The van der Waals surface area contributed by atoms with Gasteiger partial charge in [0.1, 0.15) is 0 Å². The lowest BCUT2D eigenvalue weighted by molar-refractivity contribution is -0.130. The fourth-order valence-electron chi connectivity index (χ4n) is 2.94. The van der Waals surface area contributed by atoms with E-state index in [4.69, 9.17) is 0 Å². The number of hydrogen-bond acceptors (Lipinski definition) is 3. The second kappa shape index (κ2) is 5.84. The third kappa shape index (κ3) is 3.05. The molecule has 0 aromatic heterocycles. The minimum atomic E-state index is 0.0824. The number of nitrogens with zero attached hydrogens (tertiary/aromatic N) is 2. The van der Waals surface area contributed by atoms with Gasteiger partial charge in [-0.3, -0.25) is 10.2 Å². The Bertz CT molecular complexity index is 512. The van der Waals surface area contributed by atoms with Gasteiger partial charge in [-0.15, -0.1) is 0 Å². The number of hydrogen-bond donors (Lipinski definition) is 1. The van der Waals surface area contributed by atoms with E-state index < -0.39 is 0 Å². The summed E-state index contributed by atoms with van der Waals surface area (Å²) in [7, 11) is 2.12. The molecular formula is C15H20BrN3O. The molecule has 1 heterocycles. The molecule has 1 saturated heterocycles. The van der Waals surface area contributed by atoms with Crippen molar-refractivity contribution in [2.75, 3.05) is 33.2 Å². The highest BCUT2D eigenvalue weighted by Crippen LogP contribution is 2.29. The molecule has 0 spiro atoms. The molecule has 1 fully saturated rings. The molecular weight excluding hydrogens is 318 g/mol. The molecule has 108 valence electrons. The molecule has 3 rings (SSSR count). The zero-order valence-electron chi connectivity index (χ0n) is 11.7. The third-order valence-corrected chi connectivity index (χ3v) is 4.74. The van der Waals surface area contributed by atoms with E-state index in [9.17, 15) is 4.79 Å². The van der Waals surface area contributed by atoms with Crippen LogP contribution in [-0.2, 0) is 17.6 Å². The predicted octanol–water partition coefficient (Wildman–Crippen LogP) is 1.44. The summed E-state index contributed by atoms with van der Waals surface area (Å²) in [4.78, 5) is 14.7. The highest BCUT2D eigenvalue weighted by atomic mass is 79.9. The summed E-state index contributed by atoms with van der Waals surface area (Å²) in [5, 5.41) is 2.06. The molecule has 1 N–H and O–H groups in total. The van der Waals surface area contributed by atoms with Gasteiger partial charge < -0.3 is 4.90 Å². The third-order valence-electron chi connectivity index (χ3n) is 4.24. The minimum Gasteiger partial charge on any atom is -0.304 e. The van der Waals surface area contributed by atoms with Crippen LogP contribution in [0.4, 0.5) is 0 Å². The Balaban J connectivity index is 1.57. The molecule has 0 radical (unpaired) electrons. The molecule has 0 bridgehead atoms. The number of halogens is 1. The van der Waals surface area contributed by atoms with Crippen LogP contribution in [-0.4, -0.2) is 49.0 Å². The number of carbonyl (C=O) groups excluding carboxylic acids is 1. The maximum absolute atomic E-state index is 12.4. The highest BCUT2D eigenvalue weighted by Gasteiger charge is 2.28. The molecule has 5 heteroatoms. The zero-order chi connectivity index (χ0) is 14.1. The lowest BCUT2D eigenvalue weighted by Crippen LogP contribution is -2.53. The van der Waals surface area contributed by atoms with Crippen LogP contribution in [0.2, 0.25) is 0 Å². The normalized spacial score (nSPS) is 23.6. The van der Waals surface area contributed by atoms with E-state index in [0.717, 1.165) is 43.5 Å².